The Morgan fingerprint density at radius 2 is 2.21 bits per heavy atom. The van der Waals surface area contributed by atoms with Crippen LogP contribution < -0.4 is 14.8 Å². The molecule has 0 fully saturated rings. The Kier molecular flexibility index (Phi) is 5.77. The topological polar surface area (TPSA) is 47.6 Å². The number of amides is 1. The second-order valence-electron chi connectivity index (χ2n) is 3.49. The quantitative estimate of drug-likeness (QED) is 0.663. The molecule has 1 aromatic rings. The first-order valence-corrected chi connectivity index (χ1v) is 5.81. The van der Waals surface area contributed by atoms with Crippen LogP contribution in [0.1, 0.15) is 5.56 Å². The van der Waals surface area contributed by atoms with E-state index in [0.717, 1.165) is 5.56 Å². The molecule has 0 bridgehead atoms. The lowest BCUT2D eigenvalue weighted by atomic mass is 10.2. The van der Waals surface area contributed by atoms with Crippen LogP contribution in [0, 0.1) is 12.3 Å². The number of ether oxygens (including phenoxy) is 2. The van der Waals surface area contributed by atoms with Crippen molar-refractivity contribution in [1.29, 1.82) is 0 Å². The van der Waals surface area contributed by atoms with Gasteiger partial charge >= 0.3 is 0 Å². The molecule has 0 heterocycles. The molecule has 0 aliphatic carbocycles. The van der Waals surface area contributed by atoms with Crippen LogP contribution >= 0.6 is 11.6 Å². The molecule has 0 saturated carbocycles. The van der Waals surface area contributed by atoms with Crippen molar-refractivity contribution < 1.29 is 14.3 Å². The Hall–Kier alpha value is -2.12. The maximum atomic E-state index is 11.4. The van der Waals surface area contributed by atoms with Crippen LogP contribution in [0.2, 0.25) is 5.02 Å². The lowest BCUT2D eigenvalue weighted by molar-refractivity contribution is -0.116. The number of benzene rings is 1. The van der Waals surface area contributed by atoms with Gasteiger partial charge in [0.25, 0.3) is 0 Å². The van der Waals surface area contributed by atoms with Crippen molar-refractivity contribution in [2.75, 3.05) is 20.8 Å². The standard InChI is InChI=1S/C14H14ClNO3/c1-4-7-16-13(17)6-5-10-8-11(15)14(19-3)12(9-10)18-2/h1,5-6,8-9H,7H2,2-3H3,(H,16,17)/b6-5+. The molecule has 1 amide bonds. The van der Waals surface area contributed by atoms with E-state index in [-0.39, 0.29) is 12.5 Å². The Bertz CT molecular complexity index is 532. The van der Waals surface area contributed by atoms with E-state index in [1.165, 1.54) is 20.3 Å². The molecule has 1 rings (SSSR count). The Morgan fingerprint density at radius 1 is 1.47 bits per heavy atom. The molecule has 100 valence electrons. The van der Waals surface area contributed by atoms with Crippen molar-refractivity contribution in [3.8, 4) is 23.8 Å². The molecular weight excluding hydrogens is 266 g/mol. The fraction of sp³-hybridized carbons (Fsp3) is 0.214. The second kappa shape index (κ2) is 7.34. The highest BCUT2D eigenvalue weighted by Crippen LogP contribution is 2.36. The summed E-state index contributed by atoms with van der Waals surface area (Å²) in [5.74, 6) is 3.00. The molecule has 0 unspecified atom stereocenters. The van der Waals surface area contributed by atoms with E-state index in [2.05, 4.69) is 11.2 Å². The van der Waals surface area contributed by atoms with Gasteiger partial charge in [0.15, 0.2) is 11.5 Å². The zero-order chi connectivity index (χ0) is 14.3. The molecule has 4 nitrogen and oxygen atoms in total. The van der Waals surface area contributed by atoms with Crippen molar-refractivity contribution in [2.24, 2.45) is 0 Å². The van der Waals surface area contributed by atoms with Crippen LogP contribution in [-0.4, -0.2) is 26.7 Å². The van der Waals surface area contributed by atoms with Gasteiger partial charge in [-0.15, -0.1) is 6.42 Å². The SMILES string of the molecule is C#CCNC(=O)/C=C/c1cc(Cl)c(OC)c(OC)c1. The highest BCUT2D eigenvalue weighted by Gasteiger charge is 2.09. The lowest BCUT2D eigenvalue weighted by Crippen LogP contribution is -2.20. The first-order chi connectivity index (χ1) is 9.12. The number of carbonyl (C=O) groups is 1. The van der Waals surface area contributed by atoms with Crippen LogP contribution in [0.25, 0.3) is 6.08 Å². The zero-order valence-electron chi connectivity index (χ0n) is 10.7. The molecule has 0 aliphatic rings. The van der Waals surface area contributed by atoms with Crippen LogP contribution in [0.4, 0.5) is 0 Å². The summed E-state index contributed by atoms with van der Waals surface area (Å²) >= 11 is 6.05. The lowest BCUT2D eigenvalue weighted by Gasteiger charge is -2.10. The van der Waals surface area contributed by atoms with Crippen LogP contribution in [-0.2, 0) is 4.79 Å². The average molecular weight is 280 g/mol. The Labute approximate surface area is 117 Å². The number of hydrogen-bond acceptors (Lipinski definition) is 3. The third kappa shape index (κ3) is 4.23. The predicted molar refractivity (Wildman–Crippen MR) is 75.4 cm³/mol. The normalized spacial score (nSPS) is 10.0. The molecule has 0 aromatic heterocycles. The van der Waals surface area contributed by atoms with Crippen molar-refractivity contribution in [3.63, 3.8) is 0 Å². The third-order valence-corrected chi connectivity index (χ3v) is 2.53. The van der Waals surface area contributed by atoms with Gasteiger partial charge in [-0.3, -0.25) is 4.79 Å². The summed E-state index contributed by atoms with van der Waals surface area (Å²) in [6.45, 7) is 0.190. The first-order valence-electron chi connectivity index (χ1n) is 5.43. The summed E-state index contributed by atoms with van der Waals surface area (Å²) in [7, 11) is 3.02. The van der Waals surface area contributed by atoms with E-state index in [1.54, 1.807) is 18.2 Å². The second-order valence-corrected chi connectivity index (χ2v) is 3.90. The number of methoxy groups -OCH3 is 2. The minimum Gasteiger partial charge on any atom is -0.493 e. The van der Waals surface area contributed by atoms with Gasteiger partial charge in [0.2, 0.25) is 5.91 Å². The highest BCUT2D eigenvalue weighted by atomic mass is 35.5. The van der Waals surface area contributed by atoms with E-state index in [4.69, 9.17) is 27.5 Å². The molecule has 0 spiro atoms. The van der Waals surface area contributed by atoms with Gasteiger partial charge in [0.1, 0.15) is 0 Å². The minimum atomic E-state index is -0.274. The Balaban J connectivity index is 2.91. The summed E-state index contributed by atoms with van der Waals surface area (Å²) in [5.41, 5.74) is 0.721. The van der Waals surface area contributed by atoms with Crippen molar-refractivity contribution in [1.82, 2.24) is 5.32 Å². The van der Waals surface area contributed by atoms with E-state index in [0.29, 0.717) is 16.5 Å². The summed E-state index contributed by atoms with van der Waals surface area (Å²) in [6, 6.07) is 3.39. The smallest absolute Gasteiger partial charge is 0.244 e. The molecule has 0 saturated heterocycles. The van der Waals surface area contributed by atoms with E-state index >= 15 is 0 Å². The number of hydrogen-bond donors (Lipinski definition) is 1. The van der Waals surface area contributed by atoms with Gasteiger partial charge < -0.3 is 14.8 Å². The van der Waals surface area contributed by atoms with E-state index in [9.17, 15) is 4.79 Å². The van der Waals surface area contributed by atoms with Crippen LogP contribution in [0.5, 0.6) is 11.5 Å². The fourth-order valence-corrected chi connectivity index (χ4v) is 1.70. The molecule has 1 N–H and O–H groups in total. The summed E-state index contributed by atoms with van der Waals surface area (Å²) < 4.78 is 10.3. The van der Waals surface area contributed by atoms with Crippen molar-refractivity contribution in [2.45, 2.75) is 0 Å². The summed E-state index contributed by atoms with van der Waals surface area (Å²) in [6.07, 6.45) is 8.02. The number of rotatable bonds is 5. The molecule has 0 aliphatic heterocycles. The maximum absolute atomic E-state index is 11.4. The van der Waals surface area contributed by atoms with E-state index < -0.39 is 0 Å². The van der Waals surface area contributed by atoms with Gasteiger partial charge in [0.05, 0.1) is 25.8 Å². The summed E-state index contributed by atoms with van der Waals surface area (Å²) in [4.78, 5) is 11.4. The Morgan fingerprint density at radius 3 is 2.79 bits per heavy atom. The molecule has 0 atom stereocenters. The minimum absolute atomic E-state index is 0.190. The maximum Gasteiger partial charge on any atom is 0.244 e. The van der Waals surface area contributed by atoms with Gasteiger partial charge in [-0.2, -0.15) is 0 Å². The largest absolute Gasteiger partial charge is 0.493 e. The summed E-state index contributed by atoms with van der Waals surface area (Å²) in [5, 5.41) is 2.93. The highest BCUT2D eigenvalue weighted by molar-refractivity contribution is 6.32. The van der Waals surface area contributed by atoms with Gasteiger partial charge in [-0.25, -0.2) is 0 Å². The number of halogens is 1. The number of carbonyl (C=O) groups excluding carboxylic acids is 1. The van der Waals surface area contributed by atoms with Gasteiger partial charge in [-0.1, -0.05) is 17.5 Å². The predicted octanol–water partition coefficient (Wildman–Crippen LogP) is 2.12. The van der Waals surface area contributed by atoms with Gasteiger partial charge in [0, 0.05) is 6.08 Å². The van der Waals surface area contributed by atoms with Gasteiger partial charge in [-0.05, 0) is 23.8 Å². The average Bonchev–Trinajstić information content (AvgIpc) is 2.42. The van der Waals surface area contributed by atoms with Crippen LogP contribution in [0.3, 0.4) is 0 Å². The van der Waals surface area contributed by atoms with Crippen molar-refractivity contribution in [3.05, 3.63) is 28.8 Å². The van der Waals surface area contributed by atoms with E-state index in [1.807, 2.05) is 0 Å². The molecule has 0 radical (unpaired) electrons. The van der Waals surface area contributed by atoms with Crippen LogP contribution in [0.15, 0.2) is 18.2 Å². The molecule has 5 heteroatoms. The number of terminal acetylenes is 1. The third-order valence-electron chi connectivity index (χ3n) is 2.25. The van der Waals surface area contributed by atoms with Crippen molar-refractivity contribution >= 4 is 23.6 Å². The molecule has 1 aromatic carbocycles. The number of nitrogens with one attached hydrogen (secondary N) is 1. The monoisotopic (exact) mass is 279 g/mol. The molecule has 19 heavy (non-hydrogen) atoms. The zero-order valence-corrected chi connectivity index (χ0v) is 11.5. The fourth-order valence-electron chi connectivity index (χ4n) is 1.40. The first kappa shape index (κ1) is 14.9. The molecular formula is C14H14ClNO3.